The van der Waals surface area contributed by atoms with E-state index in [1.54, 1.807) is 0 Å². The molecule has 2 rings (SSSR count). The summed E-state index contributed by atoms with van der Waals surface area (Å²) >= 11 is 0. The van der Waals surface area contributed by atoms with E-state index in [-0.39, 0.29) is 23.4 Å². The van der Waals surface area contributed by atoms with E-state index in [1.165, 1.54) is 18.2 Å². The number of hydrogen-bond acceptors (Lipinski definition) is 5. The largest absolute Gasteiger partial charge is 0.477 e. The van der Waals surface area contributed by atoms with Crippen LogP contribution in [0.3, 0.4) is 0 Å². The molecule has 1 fully saturated rings. The van der Waals surface area contributed by atoms with Crippen LogP contribution >= 0.6 is 0 Å². The lowest BCUT2D eigenvalue weighted by molar-refractivity contribution is 0.0166. The zero-order valence-corrected chi connectivity index (χ0v) is 12.3. The summed E-state index contributed by atoms with van der Waals surface area (Å²) in [7, 11) is 0. The summed E-state index contributed by atoms with van der Waals surface area (Å²) in [4.78, 5) is 26.4. The lowest BCUT2D eigenvalue weighted by Crippen LogP contribution is -2.27. The van der Waals surface area contributed by atoms with E-state index in [0.29, 0.717) is 26.2 Å². The highest BCUT2D eigenvalue weighted by atomic mass is 16.5. The Hall–Kier alpha value is -1.99. The van der Waals surface area contributed by atoms with Gasteiger partial charge in [-0.2, -0.15) is 0 Å². The van der Waals surface area contributed by atoms with Gasteiger partial charge in [-0.3, -0.25) is 4.79 Å². The first kappa shape index (κ1) is 16.4. The topological polar surface area (TPSA) is 97.8 Å². The van der Waals surface area contributed by atoms with Crippen molar-refractivity contribution in [1.82, 2.24) is 10.3 Å². The first-order valence-corrected chi connectivity index (χ1v) is 7.34. The van der Waals surface area contributed by atoms with E-state index >= 15 is 0 Å². The average Bonchev–Trinajstić information content (AvgIpc) is 3.04. The van der Waals surface area contributed by atoms with E-state index in [1.807, 2.05) is 0 Å². The second-order valence-electron chi connectivity index (χ2n) is 5.03. The molecule has 2 heterocycles. The molecule has 0 saturated carbocycles. The minimum Gasteiger partial charge on any atom is -0.477 e. The van der Waals surface area contributed by atoms with Crippen LogP contribution in [0.5, 0.6) is 0 Å². The Labute approximate surface area is 128 Å². The van der Waals surface area contributed by atoms with Gasteiger partial charge in [0, 0.05) is 19.8 Å². The fourth-order valence-electron chi connectivity index (χ4n) is 2.14. The van der Waals surface area contributed by atoms with Crippen LogP contribution in [-0.2, 0) is 9.47 Å². The third kappa shape index (κ3) is 5.09. The van der Waals surface area contributed by atoms with Crippen molar-refractivity contribution in [3.63, 3.8) is 0 Å². The number of pyridine rings is 1. The normalized spacial score (nSPS) is 17.4. The first-order chi connectivity index (χ1) is 10.7. The van der Waals surface area contributed by atoms with Crippen molar-refractivity contribution in [2.45, 2.75) is 25.4 Å². The quantitative estimate of drug-likeness (QED) is 0.698. The molecule has 22 heavy (non-hydrogen) atoms. The Morgan fingerprint density at radius 2 is 2.23 bits per heavy atom. The first-order valence-electron chi connectivity index (χ1n) is 7.34. The van der Waals surface area contributed by atoms with Crippen LogP contribution in [0.2, 0.25) is 0 Å². The molecule has 1 atom stereocenters. The molecule has 0 radical (unpaired) electrons. The number of ether oxygens (including phenoxy) is 2. The van der Waals surface area contributed by atoms with Gasteiger partial charge in [0.1, 0.15) is 11.4 Å². The molecule has 2 N–H and O–H groups in total. The molecule has 1 amide bonds. The highest BCUT2D eigenvalue weighted by molar-refractivity contribution is 5.94. The van der Waals surface area contributed by atoms with Crippen molar-refractivity contribution in [2.75, 3.05) is 26.4 Å². The molecule has 0 aromatic carbocycles. The molecule has 0 aliphatic carbocycles. The van der Waals surface area contributed by atoms with Gasteiger partial charge in [0.25, 0.3) is 5.91 Å². The molecule has 7 heteroatoms. The van der Waals surface area contributed by atoms with Crippen LogP contribution in [0.4, 0.5) is 0 Å². The lowest BCUT2D eigenvalue weighted by atomic mass is 10.2. The Morgan fingerprint density at radius 1 is 1.41 bits per heavy atom. The summed E-state index contributed by atoms with van der Waals surface area (Å²) in [6.45, 7) is 2.40. The number of amides is 1. The molecule has 1 unspecified atom stereocenters. The molecule has 1 aromatic heterocycles. The van der Waals surface area contributed by atoms with Crippen molar-refractivity contribution in [3.8, 4) is 0 Å². The highest BCUT2D eigenvalue weighted by Crippen LogP contribution is 2.11. The van der Waals surface area contributed by atoms with Gasteiger partial charge in [-0.1, -0.05) is 6.07 Å². The highest BCUT2D eigenvalue weighted by Gasteiger charge is 2.15. The number of aromatic carboxylic acids is 1. The minimum absolute atomic E-state index is 0.0974. The maximum atomic E-state index is 11.8. The molecular weight excluding hydrogens is 288 g/mol. The Kier molecular flexibility index (Phi) is 6.29. The molecular formula is C15H20N2O5. The number of hydrogen-bond donors (Lipinski definition) is 2. The number of nitrogens with zero attached hydrogens (tertiary/aromatic N) is 1. The molecule has 1 saturated heterocycles. The maximum Gasteiger partial charge on any atom is 0.354 e. The van der Waals surface area contributed by atoms with Crippen molar-refractivity contribution in [3.05, 3.63) is 29.6 Å². The predicted molar refractivity (Wildman–Crippen MR) is 77.9 cm³/mol. The SMILES string of the molecule is O=C(O)c1cccc(C(=O)NCCCOCC2CCCO2)n1. The summed E-state index contributed by atoms with van der Waals surface area (Å²) < 4.78 is 10.9. The molecule has 120 valence electrons. The van der Waals surface area contributed by atoms with Crippen LogP contribution in [0.1, 0.15) is 40.2 Å². The van der Waals surface area contributed by atoms with Crippen LogP contribution in [0, 0.1) is 0 Å². The van der Waals surface area contributed by atoms with Gasteiger partial charge in [-0.15, -0.1) is 0 Å². The van der Waals surface area contributed by atoms with E-state index in [4.69, 9.17) is 14.6 Å². The second kappa shape index (κ2) is 8.45. The number of carbonyl (C=O) groups is 2. The molecule has 0 bridgehead atoms. The van der Waals surface area contributed by atoms with Gasteiger partial charge in [-0.05, 0) is 31.4 Å². The number of nitrogens with one attached hydrogen (secondary N) is 1. The number of aromatic nitrogens is 1. The third-order valence-corrected chi connectivity index (χ3v) is 3.28. The number of carbonyl (C=O) groups excluding carboxylic acids is 1. The smallest absolute Gasteiger partial charge is 0.354 e. The third-order valence-electron chi connectivity index (χ3n) is 3.28. The number of carboxylic acid groups (broad SMARTS) is 1. The van der Waals surface area contributed by atoms with E-state index < -0.39 is 5.97 Å². The van der Waals surface area contributed by atoms with Gasteiger partial charge in [-0.25, -0.2) is 9.78 Å². The molecule has 1 aromatic rings. The Morgan fingerprint density at radius 3 is 2.95 bits per heavy atom. The van der Waals surface area contributed by atoms with Gasteiger partial charge < -0.3 is 19.9 Å². The zero-order valence-electron chi connectivity index (χ0n) is 12.3. The fraction of sp³-hybridized carbons (Fsp3) is 0.533. The Balaban J connectivity index is 1.63. The summed E-state index contributed by atoms with van der Waals surface area (Å²) in [5, 5.41) is 11.5. The van der Waals surface area contributed by atoms with E-state index in [2.05, 4.69) is 10.3 Å². The number of carboxylic acids is 1. The molecule has 0 spiro atoms. The summed E-state index contributed by atoms with van der Waals surface area (Å²) in [5.74, 6) is -1.54. The lowest BCUT2D eigenvalue weighted by Gasteiger charge is -2.10. The summed E-state index contributed by atoms with van der Waals surface area (Å²) in [5.41, 5.74) is -0.0484. The van der Waals surface area contributed by atoms with Crippen molar-refractivity contribution < 1.29 is 24.2 Å². The van der Waals surface area contributed by atoms with Crippen molar-refractivity contribution in [1.29, 1.82) is 0 Å². The molecule has 7 nitrogen and oxygen atoms in total. The second-order valence-corrected chi connectivity index (χ2v) is 5.03. The Bertz CT molecular complexity index is 514. The van der Waals surface area contributed by atoms with E-state index in [9.17, 15) is 9.59 Å². The standard InChI is InChI=1S/C15H20N2O5/c18-14(12-5-1-6-13(17-12)15(19)20)16-7-3-8-21-10-11-4-2-9-22-11/h1,5-6,11H,2-4,7-10H2,(H,16,18)(H,19,20). The van der Waals surface area contributed by atoms with Crippen LogP contribution in [0.15, 0.2) is 18.2 Å². The molecule has 1 aliphatic heterocycles. The predicted octanol–water partition coefficient (Wildman–Crippen LogP) is 1.10. The zero-order chi connectivity index (χ0) is 15.8. The van der Waals surface area contributed by atoms with Gasteiger partial charge >= 0.3 is 5.97 Å². The van der Waals surface area contributed by atoms with Crippen LogP contribution < -0.4 is 5.32 Å². The van der Waals surface area contributed by atoms with E-state index in [0.717, 1.165) is 19.4 Å². The summed E-state index contributed by atoms with van der Waals surface area (Å²) in [6, 6.07) is 4.32. The number of rotatable bonds is 8. The molecule has 1 aliphatic rings. The van der Waals surface area contributed by atoms with Crippen LogP contribution in [0.25, 0.3) is 0 Å². The van der Waals surface area contributed by atoms with Crippen molar-refractivity contribution >= 4 is 11.9 Å². The maximum absolute atomic E-state index is 11.8. The van der Waals surface area contributed by atoms with Gasteiger partial charge in [0.05, 0.1) is 12.7 Å². The fourth-order valence-corrected chi connectivity index (χ4v) is 2.14. The van der Waals surface area contributed by atoms with Gasteiger partial charge in [0.2, 0.25) is 0 Å². The van der Waals surface area contributed by atoms with Crippen molar-refractivity contribution in [2.24, 2.45) is 0 Å². The van der Waals surface area contributed by atoms with Gasteiger partial charge in [0.15, 0.2) is 0 Å². The van der Waals surface area contributed by atoms with Crippen LogP contribution in [-0.4, -0.2) is 54.4 Å². The monoisotopic (exact) mass is 308 g/mol. The minimum atomic E-state index is -1.16. The summed E-state index contributed by atoms with van der Waals surface area (Å²) in [6.07, 6.45) is 3.02. The average molecular weight is 308 g/mol.